The standard InChI is InChI=1S/C20H20N6OS/c1-25-10-8-21-18(20(25)27)26-9-4-5-13(11-26)24-17-16-14-6-2-3-7-15(14)28-19(16)23-12-22-17/h2-3,6-8,10,12-13H,4-5,9,11H2,1H3,(H,22,23,24). The maximum Gasteiger partial charge on any atom is 0.293 e. The molecule has 1 atom stereocenters. The number of anilines is 2. The van der Waals surface area contributed by atoms with Crippen LogP contribution in [0.5, 0.6) is 0 Å². The van der Waals surface area contributed by atoms with Gasteiger partial charge in [0.15, 0.2) is 5.82 Å². The average molecular weight is 392 g/mol. The van der Waals surface area contributed by atoms with Gasteiger partial charge in [0.2, 0.25) is 0 Å². The summed E-state index contributed by atoms with van der Waals surface area (Å²) in [6.45, 7) is 1.56. The molecule has 1 fully saturated rings. The average Bonchev–Trinajstić information content (AvgIpc) is 3.10. The van der Waals surface area contributed by atoms with Crippen LogP contribution in [0.25, 0.3) is 20.3 Å². The van der Waals surface area contributed by atoms with Crippen molar-refractivity contribution in [2.45, 2.75) is 18.9 Å². The molecule has 3 aromatic heterocycles. The number of nitrogens with zero attached hydrogens (tertiary/aromatic N) is 5. The highest BCUT2D eigenvalue weighted by Crippen LogP contribution is 2.36. The molecule has 0 saturated carbocycles. The van der Waals surface area contributed by atoms with E-state index in [4.69, 9.17) is 0 Å². The van der Waals surface area contributed by atoms with E-state index in [-0.39, 0.29) is 11.6 Å². The van der Waals surface area contributed by atoms with Gasteiger partial charge in [0.1, 0.15) is 17.0 Å². The van der Waals surface area contributed by atoms with E-state index >= 15 is 0 Å². The van der Waals surface area contributed by atoms with Crippen LogP contribution in [0, 0.1) is 0 Å². The van der Waals surface area contributed by atoms with Gasteiger partial charge in [-0.3, -0.25) is 4.79 Å². The summed E-state index contributed by atoms with van der Waals surface area (Å²) in [6.07, 6.45) is 7.01. The monoisotopic (exact) mass is 392 g/mol. The molecule has 8 heteroatoms. The number of benzene rings is 1. The molecule has 0 aliphatic carbocycles. The molecule has 5 rings (SSSR count). The van der Waals surface area contributed by atoms with Crippen molar-refractivity contribution in [2.75, 3.05) is 23.3 Å². The highest BCUT2D eigenvalue weighted by molar-refractivity contribution is 7.25. The fraction of sp³-hybridized carbons (Fsp3) is 0.300. The highest BCUT2D eigenvalue weighted by atomic mass is 32.1. The van der Waals surface area contributed by atoms with Crippen molar-refractivity contribution in [1.29, 1.82) is 0 Å². The van der Waals surface area contributed by atoms with Crippen molar-refractivity contribution in [3.63, 3.8) is 0 Å². The molecule has 1 saturated heterocycles. The van der Waals surface area contributed by atoms with Gasteiger partial charge >= 0.3 is 0 Å². The zero-order chi connectivity index (χ0) is 19.1. The largest absolute Gasteiger partial charge is 0.365 e. The lowest BCUT2D eigenvalue weighted by Gasteiger charge is -2.33. The molecule has 7 nitrogen and oxygen atoms in total. The van der Waals surface area contributed by atoms with Crippen LogP contribution in [-0.2, 0) is 7.05 Å². The van der Waals surface area contributed by atoms with Crippen LogP contribution in [-0.4, -0.2) is 38.7 Å². The quantitative estimate of drug-likeness (QED) is 0.578. The molecule has 28 heavy (non-hydrogen) atoms. The number of fused-ring (bicyclic) bond motifs is 3. The van der Waals surface area contributed by atoms with Crippen LogP contribution in [0.1, 0.15) is 12.8 Å². The molecule has 142 valence electrons. The van der Waals surface area contributed by atoms with E-state index in [0.717, 1.165) is 42.0 Å². The number of hydrogen-bond donors (Lipinski definition) is 1. The smallest absolute Gasteiger partial charge is 0.293 e. The molecule has 1 N–H and O–H groups in total. The number of hydrogen-bond acceptors (Lipinski definition) is 7. The van der Waals surface area contributed by atoms with Crippen LogP contribution >= 0.6 is 11.3 Å². The molecule has 1 aliphatic heterocycles. The van der Waals surface area contributed by atoms with Crippen molar-refractivity contribution in [2.24, 2.45) is 7.05 Å². The number of aryl methyl sites for hydroxylation is 1. The Kier molecular flexibility index (Phi) is 4.20. The number of thiophene rings is 1. The molecule has 0 spiro atoms. The zero-order valence-electron chi connectivity index (χ0n) is 15.5. The molecular weight excluding hydrogens is 372 g/mol. The summed E-state index contributed by atoms with van der Waals surface area (Å²) < 4.78 is 2.79. The molecular formula is C20H20N6OS. The van der Waals surface area contributed by atoms with E-state index < -0.39 is 0 Å². The van der Waals surface area contributed by atoms with Crippen LogP contribution in [0.15, 0.2) is 47.8 Å². The fourth-order valence-electron chi connectivity index (χ4n) is 3.85. The summed E-state index contributed by atoms with van der Waals surface area (Å²) in [4.78, 5) is 28.8. The second-order valence-corrected chi connectivity index (χ2v) is 8.13. The first-order chi connectivity index (χ1) is 13.7. The molecule has 4 aromatic rings. The second-order valence-electron chi connectivity index (χ2n) is 7.10. The summed E-state index contributed by atoms with van der Waals surface area (Å²) in [7, 11) is 1.76. The first-order valence-electron chi connectivity index (χ1n) is 9.36. The van der Waals surface area contributed by atoms with Crippen molar-refractivity contribution in [1.82, 2.24) is 19.5 Å². The Hall–Kier alpha value is -3.00. The minimum absolute atomic E-state index is 0.0589. The van der Waals surface area contributed by atoms with E-state index in [1.165, 1.54) is 10.1 Å². The normalized spacial score (nSPS) is 17.3. The second kappa shape index (κ2) is 6.87. The third kappa shape index (κ3) is 2.90. The van der Waals surface area contributed by atoms with E-state index in [2.05, 4.69) is 37.3 Å². The molecule has 1 aromatic carbocycles. The lowest BCUT2D eigenvalue weighted by atomic mass is 10.1. The van der Waals surface area contributed by atoms with Gasteiger partial charge in [-0.05, 0) is 18.9 Å². The van der Waals surface area contributed by atoms with Crippen LogP contribution in [0.3, 0.4) is 0 Å². The number of aromatic nitrogens is 4. The summed E-state index contributed by atoms with van der Waals surface area (Å²) in [5, 5.41) is 5.87. The molecule has 0 bridgehead atoms. The van der Waals surface area contributed by atoms with Crippen molar-refractivity contribution in [3.05, 3.63) is 53.3 Å². The topological polar surface area (TPSA) is 75.9 Å². The molecule has 1 unspecified atom stereocenters. The summed E-state index contributed by atoms with van der Waals surface area (Å²) in [5.41, 5.74) is -0.0589. The van der Waals surface area contributed by atoms with Gasteiger partial charge in [-0.2, -0.15) is 0 Å². The van der Waals surface area contributed by atoms with Crippen molar-refractivity contribution in [3.8, 4) is 0 Å². The Balaban J connectivity index is 1.46. The zero-order valence-corrected chi connectivity index (χ0v) is 16.3. The van der Waals surface area contributed by atoms with Gasteiger partial charge in [0.25, 0.3) is 5.56 Å². The number of rotatable bonds is 3. The van der Waals surface area contributed by atoms with Gasteiger partial charge in [0.05, 0.1) is 5.39 Å². The highest BCUT2D eigenvalue weighted by Gasteiger charge is 2.24. The SMILES string of the molecule is Cn1ccnc(N2CCCC(Nc3ncnc4sc5ccccc5c34)C2)c1=O. The lowest BCUT2D eigenvalue weighted by molar-refractivity contribution is 0.523. The molecule has 0 radical (unpaired) electrons. The Morgan fingerprint density at radius 2 is 2.11 bits per heavy atom. The van der Waals surface area contributed by atoms with Gasteiger partial charge in [-0.15, -0.1) is 11.3 Å². The Morgan fingerprint density at radius 3 is 3.04 bits per heavy atom. The van der Waals surface area contributed by atoms with E-state index in [1.807, 2.05) is 12.1 Å². The Morgan fingerprint density at radius 1 is 1.21 bits per heavy atom. The van der Waals surface area contributed by atoms with Gasteiger partial charge in [0, 0.05) is 48.7 Å². The maximum atomic E-state index is 12.4. The van der Waals surface area contributed by atoms with Crippen LogP contribution in [0.4, 0.5) is 11.6 Å². The first kappa shape index (κ1) is 17.1. The summed E-state index contributed by atoms with van der Waals surface area (Å²) >= 11 is 1.68. The Bertz CT molecular complexity index is 1220. The number of piperidine rings is 1. The third-order valence-corrected chi connectivity index (χ3v) is 6.31. The van der Waals surface area contributed by atoms with E-state index in [9.17, 15) is 4.79 Å². The molecule has 1 aliphatic rings. The summed E-state index contributed by atoms with van der Waals surface area (Å²) in [5.74, 6) is 1.38. The molecule has 4 heterocycles. The number of nitrogens with one attached hydrogen (secondary N) is 1. The fourth-order valence-corrected chi connectivity index (χ4v) is 4.89. The van der Waals surface area contributed by atoms with Crippen molar-refractivity contribution < 1.29 is 0 Å². The Labute approximate surface area is 165 Å². The van der Waals surface area contributed by atoms with Crippen LogP contribution in [0.2, 0.25) is 0 Å². The van der Waals surface area contributed by atoms with Gasteiger partial charge in [-0.1, -0.05) is 18.2 Å². The lowest BCUT2D eigenvalue weighted by Crippen LogP contribution is -2.45. The van der Waals surface area contributed by atoms with Crippen LogP contribution < -0.4 is 15.8 Å². The maximum absolute atomic E-state index is 12.4. The van der Waals surface area contributed by atoms with Gasteiger partial charge < -0.3 is 14.8 Å². The summed E-state index contributed by atoms with van der Waals surface area (Å²) in [6, 6.07) is 8.52. The minimum Gasteiger partial charge on any atom is -0.365 e. The van der Waals surface area contributed by atoms with Crippen molar-refractivity contribution >= 4 is 43.3 Å². The predicted molar refractivity (Wildman–Crippen MR) is 113 cm³/mol. The first-order valence-corrected chi connectivity index (χ1v) is 10.2. The van der Waals surface area contributed by atoms with Gasteiger partial charge in [-0.25, -0.2) is 15.0 Å². The predicted octanol–water partition coefficient (Wildman–Crippen LogP) is 3.02. The van der Waals surface area contributed by atoms with E-state index in [0.29, 0.717) is 5.82 Å². The van der Waals surface area contributed by atoms with E-state index in [1.54, 1.807) is 41.7 Å². The minimum atomic E-state index is -0.0589. The third-order valence-electron chi connectivity index (χ3n) is 5.24. The molecule has 0 amide bonds.